The van der Waals surface area contributed by atoms with E-state index in [2.05, 4.69) is 5.43 Å². The minimum atomic E-state index is -0.194. The Balaban J connectivity index is 1.87. The summed E-state index contributed by atoms with van der Waals surface area (Å²) < 4.78 is 11.0. The fourth-order valence-electron chi connectivity index (χ4n) is 2.77. The SMILES string of the molecule is COCc1c(C(=O)NN2CCCCC2)oc2ccccc12. The number of nitrogens with one attached hydrogen (secondary N) is 1. The Morgan fingerprint density at radius 2 is 2.05 bits per heavy atom. The number of amides is 1. The summed E-state index contributed by atoms with van der Waals surface area (Å²) in [6.45, 7) is 2.15. The summed E-state index contributed by atoms with van der Waals surface area (Å²) in [6.07, 6.45) is 3.46. The van der Waals surface area contributed by atoms with Crippen molar-refractivity contribution in [3.63, 3.8) is 0 Å². The molecule has 0 spiro atoms. The molecule has 0 saturated carbocycles. The van der Waals surface area contributed by atoms with Crippen molar-refractivity contribution >= 4 is 16.9 Å². The molecule has 1 aromatic carbocycles. The normalized spacial score (nSPS) is 16.2. The van der Waals surface area contributed by atoms with E-state index in [1.54, 1.807) is 7.11 Å². The third kappa shape index (κ3) is 2.94. The predicted octanol–water partition coefficient (Wildman–Crippen LogP) is 2.71. The van der Waals surface area contributed by atoms with Gasteiger partial charge in [0.05, 0.1) is 6.61 Å². The molecule has 5 heteroatoms. The molecule has 0 aliphatic carbocycles. The number of methoxy groups -OCH3 is 1. The van der Waals surface area contributed by atoms with Gasteiger partial charge in [0.1, 0.15) is 5.58 Å². The molecule has 3 rings (SSSR count). The van der Waals surface area contributed by atoms with Crippen LogP contribution in [0.3, 0.4) is 0 Å². The highest BCUT2D eigenvalue weighted by molar-refractivity contribution is 5.98. The van der Waals surface area contributed by atoms with Gasteiger partial charge in [0, 0.05) is 31.1 Å². The molecule has 0 radical (unpaired) electrons. The number of piperidine rings is 1. The van der Waals surface area contributed by atoms with E-state index >= 15 is 0 Å². The first-order chi connectivity index (χ1) is 10.3. The van der Waals surface area contributed by atoms with Gasteiger partial charge >= 0.3 is 5.91 Å². The lowest BCUT2D eigenvalue weighted by molar-refractivity contribution is 0.0717. The average Bonchev–Trinajstić information content (AvgIpc) is 2.88. The van der Waals surface area contributed by atoms with Crippen LogP contribution in [0, 0.1) is 0 Å². The minimum absolute atomic E-state index is 0.194. The summed E-state index contributed by atoms with van der Waals surface area (Å²) >= 11 is 0. The molecule has 1 fully saturated rings. The van der Waals surface area contributed by atoms with Gasteiger partial charge in [-0.1, -0.05) is 24.6 Å². The van der Waals surface area contributed by atoms with Gasteiger partial charge in [0.2, 0.25) is 0 Å². The Hall–Kier alpha value is -1.85. The number of para-hydroxylation sites is 1. The van der Waals surface area contributed by atoms with E-state index in [9.17, 15) is 4.79 Å². The second-order valence-electron chi connectivity index (χ2n) is 5.33. The smallest absolute Gasteiger partial charge is 0.301 e. The van der Waals surface area contributed by atoms with Gasteiger partial charge in [-0.3, -0.25) is 10.2 Å². The van der Waals surface area contributed by atoms with Crippen LogP contribution in [-0.4, -0.2) is 31.1 Å². The molecule has 1 N–H and O–H groups in total. The van der Waals surface area contributed by atoms with Gasteiger partial charge in [-0.15, -0.1) is 0 Å². The Morgan fingerprint density at radius 1 is 1.29 bits per heavy atom. The van der Waals surface area contributed by atoms with Crippen LogP contribution in [0.5, 0.6) is 0 Å². The van der Waals surface area contributed by atoms with Crippen molar-refractivity contribution in [3.05, 3.63) is 35.6 Å². The topological polar surface area (TPSA) is 54.7 Å². The van der Waals surface area contributed by atoms with Gasteiger partial charge in [-0.25, -0.2) is 5.01 Å². The molecule has 21 heavy (non-hydrogen) atoms. The number of nitrogens with zero attached hydrogens (tertiary/aromatic N) is 1. The van der Waals surface area contributed by atoms with E-state index in [1.165, 1.54) is 6.42 Å². The van der Waals surface area contributed by atoms with Crippen molar-refractivity contribution < 1.29 is 13.9 Å². The summed E-state index contributed by atoms with van der Waals surface area (Å²) in [5, 5.41) is 2.90. The van der Waals surface area contributed by atoms with Crippen molar-refractivity contribution in [2.75, 3.05) is 20.2 Å². The summed E-state index contributed by atoms with van der Waals surface area (Å²) in [5.41, 5.74) is 4.46. The molecule has 0 atom stereocenters. The van der Waals surface area contributed by atoms with Gasteiger partial charge in [-0.2, -0.15) is 0 Å². The number of hydrogen-bond acceptors (Lipinski definition) is 4. The van der Waals surface area contributed by atoms with Crippen LogP contribution in [0.1, 0.15) is 35.4 Å². The van der Waals surface area contributed by atoms with Crippen LogP contribution >= 0.6 is 0 Å². The molecule has 2 aromatic rings. The van der Waals surface area contributed by atoms with E-state index in [0.717, 1.165) is 36.9 Å². The summed E-state index contributed by atoms with van der Waals surface area (Å²) in [7, 11) is 1.62. The number of rotatable bonds is 4. The molecule has 0 unspecified atom stereocenters. The second kappa shape index (κ2) is 6.28. The maximum Gasteiger partial charge on any atom is 0.301 e. The van der Waals surface area contributed by atoms with Crippen molar-refractivity contribution in [1.29, 1.82) is 0 Å². The zero-order valence-electron chi connectivity index (χ0n) is 12.2. The molecule has 112 valence electrons. The Kier molecular flexibility index (Phi) is 4.22. The molecule has 1 aromatic heterocycles. The number of hydrazine groups is 1. The van der Waals surface area contributed by atoms with Crippen molar-refractivity contribution in [3.8, 4) is 0 Å². The third-order valence-electron chi connectivity index (χ3n) is 3.81. The molecular weight excluding hydrogens is 268 g/mol. The maximum absolute atomic E-state index is 12.5. The quantitative estimate of drug-likeness (QED) is 0.940. The first-order valence-electron chi connectivity index (χ1n) is 7.35. The number of hydrogen-bond donors (Lipinski definition) is 1. The van der Waals surface area contributed by atoms with Crippen LogP contribution in [0.2, 0.25) is 0 Å². The first kappa shape index (κ1) is 14.1. The minimum Gasteiger partial charge on any atom is -0.450 e. The summed E-state index contributed by atoms with van der Waals surface area (Å²) in [6, 6.07) is 7.65. The number of benzene rings is 1. The molecule has 1 aliphatic heterocycles. The molecule has 5 nitrogen and oxygen atoms in total. The Labute approximate surface area is 123 Å². The highest BCUT2D eigenvalue weighted by Crippen LogP contribution is 2.26. The lowest BCUT2D eigenvalue weighted by Crippen LogP contribution is -2.45. The van der Waals surface area contributed by atoms with Gasteiger partial charge in [0.25, 0.3) is 0 Å². The van der Waals surface area contributed by atoms with Crippen LogP contribution in [0.15, 0.2) is 28.7 Å². The summed E-state index contributed by atoms with van der Waals surface area (Å²) in [4.78, 5) is 12.5. The zero-order valence-corrected chi connectivity index (χ0v) is 12.2. The molecule has 1 saturated heterocycles. The first-order valence-corrected chi connectivity index (χ1v) is 7.35. The largest absolute Gasteiger partial charge is 0.450 e. The van der Waals surface area contributed by atoms with Crippen LogP contribution < -0.4 is 5.43 Å². The second-order valence-corrected chi connectivity index (χ2v) is 5.33. The van der Waals surface area contributed by atoms with Gasteiger partial charge in [-0.05, 0) is 18.9 Å². The van der Waals surface area contributed by atoms with Gasteiger partial charge in [0.15, 0.2) is 5.76 Å². The van der Waals surface area contributed by atoms with Crippen LogP contribution in [0.4, 0.5) is 0 Å². The summed E-state index contributed by atoms with van der Waals surface area (Å²) in [5.74, 6) is 0.156. The van der Waals surface area contributed by atoms with Crippen molar-refractivity contribution in [2.45, 2.75) is 25.9 Å². The van der Waals surface area contributed by atoms with E-state index in [-0.39, 0.29) is 5.91 Å². The molecule has 2 heterocycles. The van der Waals surface area contributed by atoms with Gasteiger partial charge < -0.3 is 9.15 Å². The highest BCUT2D eigenvalue weighted by Gasteiger charge is 2.22. The Morgan fingerprint density at radius 3 is 2.81 bits per heavy atom. The standard InChI is InChI=1S/C16H20N2O3/c1-20-11-13-12-7-3-4-8-14(12)21-15(13)16(19)17-18-9-5-2-6-10-18/h3-4,7-8H,2,5-6,9-11H2,1H3,(H,17,19). The number of carbonyl (C=O) groups excluding carboxylic acids is 1. The lowest BCUT2D eigenvalue weighted by atomic mass is 10.1. The fourth-order valence-corrected chi connectivity index (χ4v) is 2.77. The molecular formula is C16H20N2O3. The molecule has 1 aliphatic rings. The predicted molar refractivity (Wildman–Crippen MR) is 79.8 cm³/mol. The highest BCUT2D eigenvalue weighted by atomic mass is 16.5. The molecule has 0 bridgehead atoms. The van der Waals surface area contributed by atoms with E-state index < -0.39 is 0 Å². The average molecular weight is 288 g/mol. The zero-order chi connectivity index (χ0) is 14.7. The monoisotopic (exact) mass is 288 g/mol. The number of ether oxygens (including phenoxy) is 1. The number of fused-ring (bicyclic) bond motifs is 1. The van der Waals surface area contributed by atoms with Crippen LogP contribution in [0.25, 0.3) is 11.0 Å². The molecule has 1 amide bonds. The van der Waals surface area contributed by atoms with E-state index in [1.807, 2.05) is 29.3 Å². The van der Waals surface area contributed by atoms with E-state index in [4.69, 9.17) is 9.15 Å². The number of furan rings is 1. The van der Waals surface area contributed by atoms with Crippen molar-refractivity contribution in [1.82, 2.24) is 10.4 Å². The number of carbonyl (C=O) groups is 1. The maximum atomic E-state index is 12.5. The fraction of sp³-hybridized carbons (Fsp3) is 0.438. The van der Waals surface area contributed by atoms with Crippen LogP contribution in [-0.2, 0) is 11.3 Å². The third-order valence-corrected chi connectivity index (χ3v) is 3.81. The lowest BCUT2D eigenvalue weighted by Gasteiger charge is -2.26. The van der Waals surface area contributed by atoms with E-state index in [0.29, 0.717) is 18.0 Å². The van der Waals surface area contributed by atoms with Crippen molar-refractivity contribution in [2.24, 2.45) is 0 Å². The Bertz CT molecular complexity index is 629.